The van der Waals surface area contributed by atoms with Gasteiger partial charge < -0.3 is 14.2 Å². The molecule has 1 heterocycles. The van der Waals surface area contributed by atoms with Gasteiger partial charge in [0.1, 0.15) is 6.10 Å². The lowest BCUT2D eigenvalue weighted by Gasteiger charge is -2.36. The number of carbonyl (C=O) groups is 1. The van der Waals surface area contributed by atoms with Crippen molar-refractivity contribution in [3.8, 4) is 0 Å². The maximum atomic E-state index is 12.8. The van der Waals surface area contributed by atoms with Crippen LogP contribution in [0.2, 0.25) is 0 Å². The van der Waals surface area contributed by atoms with Crippen LogP contribution in [0.3, 0.4) is 0 Å². The van der Waals surface area contributed by atoms with Gasteiger partial charge in [0.2, 0.25) is 5.12 Å². The third-order valence-electron chi connectivity index (χ3n) is 5.15. The maximum absolute atomic E-state index is 12.8. The average molecular weight is 435 g/mol. The summed E-state index contributed by atoms with van der Waals surface area (Å²) in [6, 6.07) is 29.9. The average Bonchev–Trinajstić information content (AvgIpc) is 2.83. The van der Waals surface area contributed by atoms with E-state index in [1.165, 1.54) is 11.8 Å². The molecule has 4 nitrogen and oxygen atoms in total. The number of hydrogen-bond acceptors (Lipinski definition) is 5. The zero-order valence-electron chi connectivity index (χ0n) is 17.3. The first-order valence-corrected chi connectivity index (χ1v) is 11.4. The van der Waals surface area contributed by atoms with E-state index >= 15 is 0 Å². The van der Waals surface area contributed by atoms with E-state index in [-0.39, 0.29) is 11.2 Å². The molecule has 3 atom stereocenters. The molecule has 0 unspecified atom stereocenters. The Bertz CT molecular complexity index is 933. The number of ether oxygens (including phenoxy) is 3. The number of benzene rings is 3. The van der Waals surface area contributed by atoms with E-state index < -0.39 is 12.2 Å². The minimum Gasteiger partial charge on any atom is -0.370 e. The summed E-state index contributed by atoms with van der Waals surface area (Å²) >= 11 is 1.26. The Hall–Kier alpha value is -2.44. The maximum Gasteiger partial charge on any atom is 0.220 e. The standard InChI is InChI=1S/C26H26O4S/c27-26-25(30-18-22-14-8-3-9-15-22)24(29-17-21-12-6-2-7-13-21)23(19-31-26)28-16-20-10-4-1-5-11-20/h1-15,23-25H,16-19H2/t23-,24-,25-/m1/s1. The van der Waals surface area contributed by atoms with Gasteiger partial charge in [0.05, 0.1) is 25.9 Å². The lowest BCUT2D eigenvalue weighted by atomic mass is 10.1. The van der Waals surface area contributed by atoms with Crippen LogP contribution in [0.4, 0.5) is 0 Å². The lowest BCUT2D eigenvalue weighted by molar-refractivity contribution is -0.160. The molecule has 31 heavy (non-hydrogen) atoms. The van der Waals surface area contributed by atoms with E-state index in [0.717, 1.165) is 16.7 Å². The number of carbonyl (C=O) groups excluding carboxylic acids is 1. The van der Waals surface area contributed by atoms with Crippen LogP contribution in [0.1, 0.15) is 16.7 Å². The van der Waals surface area contributed by atoms with Gasteiger partial charge in [0.15, 0.2) is 6.10 Å². The van der Waals surface area contributed by atoms with Crippen molar-refractivity contribution in [2.75, 3.05) is 5.75 Å². The van der Waals surface area contributed by atoms with E-state index in [1.54, 1.807) is 0 Å². The van der Waals surface area contributed by atoms with Crippen LogP contribution >= 0.6 is 11.8 Å². The quantitative estimate of drug-likeness (QED) is 0.473. The largest absolute Gasteiger partial charge is 0.370 e. The molecule has 0 aromatic heterocycles. The molecule has 1 aliphatic heterocycles. The highest BCUT2D eigenvalue weighted by Gasteiger charge is 2.42. The summed E-state index contributed by atoms with van der Waals surface area (Å²) in [5.41, 5.74) is 3.17. The van der Waals surface area contributed by atoms with Crippen molar-refractivity contribution < 1.29 is 19.0 Å². The van der Waals surface area contributed by atoms with Crippen LogP contribution in [-0.2, 0) is 38.8 Å². The van der Waals surface area contributed by atoms with Crippen molar-refractivity contribution in [2.45, 2.75) is 38.1 Å². The SMILES string of the molecule is O=C1SC[C@@H](OCc2ccccc2)[C@@H](OCc2ccccc2)[C@H]1OCc1ccccc1. The Kier molecular flexibility index (Phi) is 7.91. The molecule has 0 amide bonds. The molecule has 3 aromatic rings. The van der Waals surface area contributed by atoms with Gasteiger partial charge in [-0.25, -0.2) is 0 Å². The molecule has 1 fully saturated rings. The van der Waals surface area contributed by atoms with E-state index in [2.05, 4.69) is 0 Å². The summed E-state index contributed by atoms with van der Waals surface area (Å²) in [6.45, 7) is 1.23. The predicted molar refractivity (Wildman–Crippen MR) is 123 cm³/mol. The van der Waals surface area contributed by atoms with E-state index in [1.807, 2.05) is 91.0 Å². The molecule has 0 saturated carbocycles. The van der Waals surface area contributed by atoms with Gasteiger partial charge in [-0.05, 0) is 16.7 Å². The van der Waals surface area contributed by atoms with Crippen LogP contribution in [0, 0.1) is 0 Å². The van der Waals surface area contributed by atoms with Crippen LogP contribution in [0.25, 0.3) is 0 Å². The van der Waals surface area contributed by atoms with Gasteiger partial charge >= 0.3 is 0 Å². The molecule has 1 saturated heterocycles. The first-order chi connectivity index (χ1) is 15.3. The zero-order chi connectivity index (χ0) is 21.3. The molecule has 0 aliphatic carbocycles. The van der Waals surface area contributed by atoms with Gasteiger partial charge in [-0.2, -0.15) is 0 Å². The van der Waals surface area contributed by atoms with Crippen molar-refractivity contribution in [2.24, 2.45) is 0 Å². The topological polar surface area (TPSA) is 44.8 Å². The normalized spacial score (nSPS) is 21.2. The Morgan fingerprint density at radius 3 is 1.61 bits per heavy atom. The fourth-order valence-corrected chi connectivity index (χ4v) is 4.46. The summed E-state index contributed by atoms with van der Waals surface area (Å²) < 4.78 is 18.6. The fraction of sp³-hybridized carbons (Fsp3) is 0.269. The summed E-state index contributed by atoms with van der Waals surface area (Å²) in [5.74, 6) is 0.552. The van der Waals surface area contributed by atoms with Crippen molar-refractivity contribution in [3.05, 3.63) is 108 Å². The van der Waals surface area contributed by atoms with Crippen molar-refractivity contribution in [1.29, 1.82) is 0 Å². The van der Waals surface area contributed by atoms with Gasteiger partial charge in [-0.1, -0.05) is 103 Å². The molecule has 1 aliphatic rings. The van der Waals surface area contributed by atoms with E-state index in [0.29, 0.717) is 25.6 Å². The zero-order valence-corrected chi connectivity index (χ0v) is 18.1. The highest BCUT2D eigenvalue weighted by atomic mass is 32.2. The summed E-state index contributed by atoms with van der Waals surface area (Å²) in [4.78, 5) is 12.8. The second-order valence-electron chi connectivity index (χ2n) is 7.44. The molecule has 0 N–H and O–H groups in total. The molecule has 3 aromatic carbocycles. The predicted octanol–water partition coefficient (Wildman–Crippen LogP) is 5.02. The van der Waals surface area contributed by atoms with E-state index in [9.17, 15) is 4.79 Å². The van der Waals surface area contributed by atoms with Gasteiger partial charge in [0, 0.05) is 5.75 Å². The minimum absolute atomic E-state index is 0.00597. The molecule has 0 spiro atoms. The monoisotopic (exact) mass is 434 g/mol. The second kappa shape index (κ2) is 11.3. The Balaban J connectivity index is 1.47. The van der Waals surface area contributed by atoms with Crippen molar-refractivity contribution in [1.82, 2.24) is 0 Å². The van der Waals surface area contributed by atoms with Crippen LogP contribution in [-0.4, -0.2) is 29.2 Å². The first-order valence-electron chi connectivity index (χ1n) is 10.4. The van der Waals surface area contributed by atoms with Crippen LogP contribution in [0.5, 0.6) is 0 Å². The molecule has 0 bridgehead atoms. The molecular formula is C26H26O4S. The molecule has 160 valence electrons. The minimum atomic E-state index is -0.677. The lowest BCUT2D eigenvalue weighted by Crippen LogP contribution is -2.50. The summed E-state index contributed by atoms with van der Waals surface area (Å²) in [7, 11) is 0. The molecule has 5 heteroatoms. The van der Waals surface area contributed by atoms with E-state index in [4.69, 9.17) is 14.2 Å². The number of rotatable bonds is 9. The van der Waals surface area contributed by atoms with Crippen molar-refractivity contribution in [3.63, 3.8) is 0 Å². The Labute approximate surface area is 187 Å². The summed E-state index contributed by atoms with van der Waals surface area (Å²) in [5, 5.41) is -0.00597. The highest BCUT2D eigenvalue weighted by Crippen LogP contribution is 2.29. The van der Waals surface area contributed by atoms with Crippen LogP contribution in [0.15, 0.2) is 91.0 Å². The third-order valence-corrected chi connectivity index (χ3v) is 6.16. The molecular weight excluding hydrogens is 408 g/mol. The van der Waals surface area contributed by atoms with Gasteiger partial charge in [-0.3, -0.25) is 4.79 Å². The smallest absolute Gasteiger partial charge is 0.220 e. The third kappa shape index (κ3) is 6.28. The molecule has 4 rings (SSSR count). The van der Waals surface area contributed by atoms with Crippen molar-refractivity contribution >= 4 is 16.9 Å². The Morgan fingerprint density at radius 1 is 0.645 bits per heavy atom. The highest BCUT2D eigenvalue weighted by molar-refractivity contribution is 8.13. The van der Waals surface area contributed by atoms with Gasteiger partial charge in [-0.15, -0.1) is 0 Å². The summed E-state index contributed by atoms with van der Waals surface area (Å²) in [6.07, 6.45) is -1.39. The first kappa shape index (κ1) is 21.8. The Morgan fingerprint density at radius 2 is 1.10 bits per heavy atom. The van der Waals surface area contributed by atoms with Gasteiger partial charge in [0.25, 0.3) is 0 Å². The van der Waals surface area contributed by atoms with Crippen LogP contribution < -0.4 is 0 Å². The number of thioether (sulfide) groups is 1. The molecule has 0 radical (unpaired) electrons. The number of hydrogen-bond donors (Lipinski definition) is 0. The second-order valence-corrected chi connectivity index (χ2v) is 8.47. The fourth-order valence-electron chi connectivity index (χ4n) is 3.48.